The first kappa shape index (κ1) is 14.0. The molecule has 1 aliphatic heterocycles. The van der Waals surface area contributed by atoms with E-state index in [4.69, 9.17) is 0 Å². The Bertz CT molecular complexity index is 450. The van der Waals surface area contributed by atoms with E-state index in [1.165, 1.54) is 11.1 Å². The van der Waals surface area contributed by atoms with E-state index in [2.05, 4.69) is 41.4 Å². The van der Waals surface area contributed by atoms with Crippen LogP contribution >= 0.6 is 0 Å². The number of fused-ring (bicyclic) bond motifs is 1. The molecule has 0 spiro atoms. The van der Waals surface area contributed by atoms with Crippen molar-refractivity contribution in [2.75, 3.05) is 7.05 Å². The van der Waals surface area contributed by atoms with Gasteiger partial charge in [0.05, 0.1) is 0 Å². The molecule has 0 aromatic heterocycles. The summed E-state index contributed by atoms with van der Waals surface area (Å²) in [4.78, 5) is 13.7. The quantitative estimate of drug-likeness (QED) is 0.850. The Morgan fingerprint density at radius 1 is 1.42 bits per heavy atom. The van der Waals surface area contributed by atoms with Crippen molar-refractivity contribution in [1.29, 1.82) is 0 Å². The third-order valence-corrected chi connectivity index (χ3v) is 4.22. The number of carboxylic acid groups (broad SMARTS) is 1. The summed E-state index contributed by atoms with van der Waals surface area (Å²) >= 11 is 0. The molecule has 0 aliphatic carbocycles. The molecule has 0 bridgehead atoms. The van der Waals surface area contributed by atoms with E-state index < -0.39 is 11.5 Å². The van der Waals surface area contributed by atoms with Crippen LogP contribution < -0.4 is 5.32 Å². The number of likely N-dealkylation sites (N-methyl/N-ethyl adjacent to an activating group) is 1. The zero-order valence-electron chi connectivity index (χ0n) is 11.8. The molecule has 104 valence electrons. The Kier molecular flexibility index (Phi) is 3.92. The number of carbonyl (C=O) groups is 1. The Balaban J connectivity index is 2.03. The van der Waals surface area contributed by atoms with Crippen LogP contribution in [0.5, 0.6) is 0 Å². The highest BCUT2D eigenvalue weighted by Crippen LogP contribution is 2.27. The van der Waals surface area contributed by atoms with Crippen LogP contribution in [0.15, 0.2) is 24.3 Å². The molecular weight excluding hydrogens is 240 g/mol. The third kappa shape index (κ3) is 2.80. The van der Waals surface area contributed by atoms with Gasteiger partial charge in [0.15, 0.2) is 0 Å². The lowest BCUT2D eigenvalue weighted by Gasteiger charge is -2.32. The van der Waals surface area contributed by atoms with Gasteiger partial charge in [0.2, 0.25) is 0 Å². The number of hydrogen-bond acceptors (Lipinski definition) is 3. The summed E-state index contributed by atoms with van der Waals surface area (Å²) in [5, 5.41) is 12.2. The van der Waals surface area contributed by atoms with Crippen LogP contribution in [0.1, 0.15) is 31.4 Å². The summed E-state index contributed by atoms with van der Waals surface area (Å²) in [6.07, 6.45) is 0.590. The minimum Gasteiger partial charge on any atom is -0.480 e. The normalized spacial score (nSPS) is 19.7. The summed E-state index contributed by atoms with van der Waals surface area (Å²) in [6, 6.07) is 8.64. The SMILES string of the molecule is CNC(C)(CC(C)N1Cc2ccccc2C1)C(=O)O. The maximum absolute atomic E-state index is 11.3. The van der Waals surface area contributed by atoms with Gasteiger partial charge in [-0.05, 0) is 38.4 Å². The van der Waals surface area contributed by atoms with Crippen molar-refractivity contribution in [3.05, 3.63) is 35.4 Å². The van der Waals surface area contributed by atoms with Crippen LogP contribution in [0.4, 0.5) is 0 Å². The van der Waals surface area contributed by atoms with Crippen molar-refractivity contribution < 1.29 is 9.90 Å². The molecule has 0 fully saturated rings. The smallest absolute Gasteiger partial charge is 0.323 e. The summed E-state index contributed by atoms with van der Waals surface area (Å²) < 4.78 is 0. The Labute approximate surface area is 114 Å². The molecule has 0 radical (unpaired) electrons. The molecule has 2 atom stereocenters. The number of benzene rings is 1. The van der Waals surface area contributed by atoms with Crippen LogP contribution in [0.3, 0.4) is 0 Å². The Morgan fingerprint density at radius 2 is 1.95 bits per heavy atom. The van der Waals surface area contributed by atoms with Gasteiger partial charge in [-0.15, -0.1) is 0 Å². The molecular formula is C15H22N2O2. The molecule has 0 saturated heterocycles. The van der Waals surface area contributed by atoms with Crippen molar-refractivity contribution in [3.8, 4) is 0 Å². The van der Waals surface area contributed by atoms with E-state index in [1.54, 1.807) is 14.0 Å². The summed E-state index contributed by atoms with van der Waals surface area (Å²) in [5.74, 6) is -0.793. The molecule has 19 heavy (non-hydrogen) atoms. The van der Waals surface area contributed by atoms with Crippen molar-refractivity contribution >= 4 is 5.97 Å². The molecule has 2 rings (SSSR count). The number of nitrogens with one attached hydrogen (secondary N) is 1. The van der Waals surface area contributed by atoms with Gasteiger partial charge in [-0.1, -0.05) is 24.3 Å². The average Bonchev–Trinajstić information content (AvgIpc) is 2.82. The van der Waals surface area contributed by atoms with E-state index in [-0.39, 0.29) is 6.04 Å². The molecule has 4 nitrogen and oxygen atoms in total. The van der Waals surface area contributed by atoms with Crippen LogP contribution in [0.25, 0.3) is 0 Å². The van der Waals surface area contributed by atoms with E-state index in [0.717, 1.165) is 13.1 Å². The molecule has 1 aliphatic rings. The van der Waals surface area contributed by atoms with Crippen LogP contribution in [-0.4, -0.2) is 34.6 Å². The van der Waals surface area contributed by atoms with Gasteiger partial charge in [-0.3, -0.25) is 9.69 Å². The predicted molar refractivity (Wildman–Crippen MR) is 74.9 cm³/mol. The van der Waals surface area contributed by atoms with Gasteiger partial charge in [0.1, 0.15) is 5.54 Å². The van der Waals surface area contributed by atoms with E-state index in [9.17, 15) is 9.90 Å². The highest BCUT2D eigenvalue weighted by atomic mass is 16.4. The fraction of sp³-hybridized carbons (Fsp3) is 0.533. The minimum absolute atomic E-state index is 0.223. The first-order valence-corrected chi connectivity index (χ1v) is 6.69. The third-order valence-electron chi connectivity index (χ3n) is 4.22. The zero-order valence-corrected chi connectivity index (χ0v) is 11.8. The fourth-order valence-corrected chi connectivity index (χ4v) is 2.69. The topological polar surface area (TPSA) is 52.6 Å². The van der Waals surface area contributed by atoms with E-state index in [0.29, 0.717) is 6.42 Å². The lowest BCUT2D eigenvalue weighted by molar-refractivity contribution is -0.144. The molecule has 0 amide bonds. The molecule has 2 N–H and O–H groups in total. The molecule has 1 aromatic rings. The number of hydrogen-bond donors (Lipinski definition) is 2. The number of aliphatic carboxylic acids is 1. The summed E-state index contributed by atoms with van der Waals surface area (Å²) in [6.45, 7) is 5.67. The maximum atomic E-state index is 11.3. The standard InChI is InChI=1S/C15H22N2O2/c1-11(8-15(2,16-3)14(18)19)17-9-12-6-4-5-7-13(12)10-17/h4-7,11,16H,8-10H2,1-3H3,(H,18,19). The van der Waals surface area contributed by atoms with Gasteiger partial charge >= 0.3 is 5.97 Å². The van der Waals surface area contributed by atoms with Crippen molar-refractivity contribution in [1.82, 2.24) is 10.2 Å². The Morgan fingerprint density at radius 3 is 2.37 bits per heavy atom. The lowest BCUT2D eigenvalue weighted by atomic mass is 9.93. The monoisotopic (exact) mass is 262 g/mol. The first-order chi connectivity index (χ1) is 8.96. The van der Waals surface area contributed by atoms with Crippen molar-refractivity contribution in [2.24, 2.45) is 0 Å². The van der Waals surface area contributed by atoms with Gasteiger partial charge in [0.25, 0.3) is 0 Å². The first-order valence-electron chi connectivity index (χ1n) is 6.69. The van der Waals surface area contributed by atoms with E-state index in [1.807, 2.05) is 0 Å². The molecule has 1 heterocycles. The van der Waals surface area contributed by atoms with Gasteiger partial charge in [-0.2, -0.15) is 0 Å². The second-order valence-corrected chi connectivity index (χ2v) is 5.61. The van der Waals surface area contributed by atoms with Gasteiger partial charge in [0, 0.05) is 19.1 Å². The van der Waals surface area contributed by atoms with Gasteiger partial charge < -0.3 is 10.4 Å². The summed E-state index contributed by atoms with van der Waals surface area (Å²) in [7, 11) is 1.71. The van der Waals surface area contributed by atoms with Crippen molar-refractivity contribution in [3.63, 3.8) is 0 Å². The minimum atomic E-state index is -0.867. The van der Waals surface area contributed by atoms with Crippen LogP contribution in [-0.2, 0) is 17.9 Å². The molecule has 1 aromatic carbocycles. The second-order valence-electron chi connectivity index (χ2n) is 5.61. The molecule has 2 unspecified atom stereocenters. The Hall–Kier alpha value is -1.39. The fourth-order valence-electron chi connectivity index (χ4n) is 2.69. The highest BCUT2D eigenvalue weighted by Gasteiger charge is 2.35. The van der Waals surface area contributed by atoms with Crippen LogP contribution in [0.2, 0.25) is 0 Å². The number of rotatable bonds is 5. The number of carboxylic acids is 1. The lowest BCUT2D eigenvalue weighted by Crippen LogP contribution is -2.51. The molecule has 4 heteroatoms. The van der Waals surface area contributed by atoms with Crippen LogP contribution in [0, 0.1) is 0 Å². The predicted octanol–water partition coefficient (Wildman–Crippen LogP) is 1.84. The molecule has 0 saturated carbocycles. The van der Waals surface area contributed by atoms with E-state index >= 15 is 0 Å². The number of nitrogens with zero attached hydrogens (tertiary/aromatic N) is 1. The second kappa shape index (κ2) is 5.31. The zero-order chi connectivity index (χ0) is 14.0. The maximum Gasteiger partial charge on any atom is 0.323 e. The summed E-state index contributed by atoms with van der Waals surface area (Å²) in [5.41, 5.74) is 1.85. The van der Waals surface area contributed by atoms with Gasteiger partial charge in [-0.25, -0.2) is 0 Å². The average molecular weight is 262 g/mol. The largest absolute Gasteiger partial charge is 0.480 e. The van der Waals surface area contributed by atoms with Crippen molar-refractivity contribution in [2.45, 2.75) is 44.9 Å². The highest BCUT2D eigenvalue weighted by molar-refractivity contribution is 5.78.